The summed E-state index contributed by atoms with van der Waals surface area (Å²) in [6, 6.07) is 8.00. The van der Waals surface area contributed by atoms with Crippen LogP contribution in [-0.2, 0) is 22.7 Å². The lowest BCUT2D eigenvalue weighted by molar-refractivity contribution is -0.122. The van der Waals surface area contributed by atoms with Gasteiger partial charge in [0.2, 0.25) is 5.91 Å². The zero-order valence-corrected chi connectivity index (χ0v) is 10.7. The zero-order chi connectivity index (χ0) is 12.8. The van der Waals surface area contributed by atoms with Crippen molar-refractivity contribution in [3.63, 3.8) is 0 Å². The van der Waals surface area contributed by atoms with Crippen molar-refractivity contribution in [2.45, 2.75) is 32.0 Å². The molecule has 0 bridgehead atoms. The predicted molar refractivity (Wildman–Crippen MR) is 70.0 cm³/mol. The Labute approximate surface area is 108 Å². The number of benzene rings is 1. The fourth-order valence-electron chi connectivity index (χ4n) is 2.24. The minimum absolute atomic E-state index is 0.0143. The van der Waals surface area contributed by atoms with E-state index in [9.17, 15) is 4.79 Å². The number of rotatable bonds is 5. The number of ether oxygens (including phenoxy) is 1. The van der Waals surface area contributed by atoms with Gasteiger partial charge in [0, 0.05) is 13.7 Å². The maximum atomic E-state index is 11.9. The molecule has 1 amide bonds. The van der Waals surface area contributed by atoms with Gasteiger partial charge in [-0.05, 0) is 30.5 Å². The summed E-state index contributed by atoms with van der Waals surface area (Å²) in [5.74, 6) is 0.0970. The minimum atomic E-state index is -0.0143. The normalized spacial score (nSPS) is 18.8. The van der Waals surface area contributed by atoms with Gasteiger partial charge in [-0.15, -0.1) is 0 Å². The van der Waals surface area contributed by atoms with Crippen LogP contribution in [0.15, 0.2) is 24.3 Å². The molecule has 1 aromatic rings. The molecule has 18 heavy (non-hydrogen) atoms. The predicted octanol–water partition coefficient (Wildman–Crippen LogP) is 1.20. The molecule has 1 heterocycles. The molecular weight excluding hydrogens is 228 g/mol. The van der Waals surface area contributed by atoms with Crippen molar-refractivity contribution >= 4 is 5.91 Å². The SMILES string of the molecule is COCc1ccccc1CNC(=O)C1CCCN1. The molecule has 0 aromatic heterocycles. The smallest absolute Gasteiger partial charge is 0.237 e. The maximum Gasteiger partial charge on any atom is 0.237 e. The van der Waals surface area contributed by atoms with Crippen LogP contribution in [0.4, 0.5) is 0 Å². The first-order valence-corrected chi connectivity index (χ1v) is 6.38. The molecular formula is C14H20N2O2. The Balaban J connectivity index is 1.90. The van der Waals surface area contributed by atoms with Crippen LogP contribution >= 0.6 is 0 Å². The summed E-state index contributed by atoms with van der Waals surface area (Å²) in [6.45, 7) is 2.09. The van der Waals surface area contributed by atoms with Crippen molar-refractivity contribution in [3.05, 3.63) is 35.4 Å². The van der Waals surface area contributed by atoms with Crippen LogP contribution in [-0.4, -0.2) is 25.6 Å². The molecule has 0 aliphatic carbocycles. The minimum Gasteiger partial charge on any atom is -0.380 e. The van der Waals surface area contributed by atoms with E-state index < -0.39 is 0 Å². The van der Waals surface area contributed by atoms with E-state index >= 15 is 0 Å². The lowest BCUT2D eigenvalue weighted by atomic mass is 10.1. The van der Waals surface area contributed by atoms with Crippen molar-refractivity contribution in [1.82, 2.24) is 10.6 Å². The fraction of sp³-hybridized carbons (Fsp3) is 0.500. The van der Waals surface area contributed by atoms with E-state index in [4.69, 9.17) is 4.74 Å². The molecule has 0 radical (unpaired) electrons. The third kappa shape index (κ3) is 3.31. The molecule has 4 heteroatoms. The van der Waals surface area contributed by atoms with Crippen molar-refractivity contribution < 1.29 is 9.53 Å². The highest BCUT2D eigenvalue weighted by Crippen LogP contribution is 2.10. The van der Waals surface area contributed by atoms with Crippen molar-refractivity contribution in [2.24, 2.45) is 0 Å². The van der Waals surface area contributed by atoms with Crippen molar-refractivity contribution in [2.75, 3.05) is 13.7 Å². The number of carbonyl (C=O) groups is 1. The highest BCUT2D eigenvalue weighted by atomic mass is 16.5. The van der Waals surface area contributed by atoms with Gasteiger partial charge in [0.25, 0.3) is 0 Å². The third-order valence-corrected chi connectivity index (χ3v) is 3.25. The van der Waals surface area contributed by atoms with E-state index in [1.807, 2.05) is 24.3 Å². The van der Waals surface area contributed by atoms with E-state index in [0.29, 0.717) is 13.2 Å². The second-order valence-electron chi connectivity index (χ2n) is 4.57. The Morgan fingerprint density at radius 2 is 2.22 bits per heavy atom. The first kappa shape index (κ1) is 13.1. The summed E-state index contributed by atoms with van der Waals surface area (Å²) < 4.78 is 5.15. The number of amides is 1. The molecule has 98 valence electrons. The van der Waals surface area contributed by atoms with Crippen molar-refractivity contribution in [3.8, 4) is 0 Å². The van der Waals surface area contributed by atoms with Crippen LogP contribution in [0.1, 0.15) is 24.0 Å². The molecule has 1 aromatic carbocycles. The summed E-state index contributed by atoms with van der Waals surface area (Å²) in [4.78, 5) is 11.9. The number of hydrogen-bond acceptors (Lipinski definition) is 3. The highest BCUT2D eigenvalue weighted by Gasteiger charge is 2.21. The summed E-state index contributed by atoms with van der Waals surface area (Å²) in [6.07, 6.45) is 2.02. The lowest BCUT2D eigenvalue weighted by Crippen LogP contribution is -2.40. The molecule has 1 fully saturated rings. The highest BCUT2D eigenvalue weighted by molar-refractivity contribution is 5.82. The van der Waals surface area contributed by atoms with Gasteiger partial charge >= 0.3 is 0 Å². The summed E-state index contributed by atoms with van der Waals surface area (Å²) in [5, 5.41) is 6.18. The Morgan fingerprint density at radius 3 is 2.89 bits per heavy atom. The van der Waals surface area contributed by atoms with Crippen LogP contribution in [0.5, 0.6) is 0 Å². The molecule has 1 atom stereocenters. The lowest BCUT2D eigenvalue weighted by Gasteiger charge is -2.13. The van der Waals surface area contributed by atoms with Crippen molar-refractivity contribution in [1.29, 1.82) is 0 Å². The molecule has 0 saturated carbocycles. The van der Waals surface area contributed by atoms with E-state index in [1.54, 1.807) is 7.11 Å². The molecule has 2 N–H and O–H groups in total. The molecule has 4 nitrogen and oxygen atoms in total. The molecule has 0 spiro atoms. The van der Waals surface area contributed by atoms with Gasteiger partial charge in [-0.2, -0.15) is 0 Å². The molecule has 1 aliphatic rings. The Bertz CT molecular complexity index is 401. The average molecular weight is 248 g/mol. The monoisotopic (exact) mass is 248 g/mol. The standard InChI is InChI=1S/C14H20N2O2/c1-18-10-12-6-3-2-5-11(12)9-16-14(17)13-7-4-8-15-13/h2-3,5-6,13,15H,4,7-10H2,1H3,(H,16,17). The number of methoxy groups -OCH3 is 1. The van der Waals surface area contributed by atoms with Gasteiger partial charge in [-0.1, -0.05) is 24.3 Å². The maximum absolute atomic E-state index is 11.9. The van der Waals surface area contributed by atoms with E-state index in [0.717, 1.165) is 30.5 Å². The first-order chi connectivity index (χ1) is 8.81. The second-order valence-corrected chi connectivity index (χ2v) is 4.57. The van der Waals surface area contributed by atoms with E-state index in [-0.39, 0.29) is 11.9 Å². The summed E-state index contributed by atoms with van der Waals surface area (Å²) in [7, 11) is 1.68. The van der Waals surface area contributed by atoms with Gasteiger partial charge in [0.15, 0.2) is 0 Å². The van der Waals surface area contributed by atoms with Gasteiger partial charge in [-0.3, -0.25) is 4.79 Å². The quantitative estimate of drug-likeness (QED) is 0.823. The van der Waals surface area contributed by atoms with Gasteiger partial charge in [-0.25, -0.2) is 0 Å². The Hall–Kier alpha value is -1.39. The number of hydrogen-bond donors (Lipinski definition) is 2. The zero-order valence-electron chi connectivity index (χ0n) is 10.7. The van der Waals surface area contributed by atoms with Crippen LogP contribution in [0.25, 0.3) is 0 Å². The topological polar surface area (TPSA) is 50.4 Å². The van der Waals surface area contributed by atoms with Gasteiger partial charge in [0.05, 0.1) is 12.6 Å². The first-order valence-electron chi connectivity index (χ1n) is 6.38. The molecule has 1 unspecified atom stereocenters. The van der Waals surface area contributed by atoms with E-state index in [1.165, 1.54) is 0 Å². The summed E-state index contributed by atoms with van der Waals surface area (Å²) >= 11 is 0. The Kier molecular flexibility index (Phi) is 4.73. The second kappa shape index (κ2) is 6.52. The molecule has 1 saturated heterocycles. The van der Waals surface area contributed by atoms with Gasteiger partial charge < -0.3 is 15.4 Å². The average Bonchev–Trinajstić information content (AvgIpc) is 2.92. The van der Waals surface area contributed by atoms with Crippen LogP contribution < -0.4 is 10.6 Å². The fourth-order valence-corrected chi connectivity index (χ4v) is 2.24. The largest absolute Gasteiger partial charge is 0.380 e. The molecule has 1 aliphatic heterocycles. The van der Waals surface area contributed by atoms with Crippen LogP contribution in [0.3, 0.4) is 0 Å². The molecule has 2 rings (SSSR count). The number of nitrogens with one attached hydrogen (secondary N) is 2. The Morgan fingerprint density at radius 1 is 1.44 bits per heavy atom. The van der Waals surface area contributed by atoms with Crippen LogP contribution in [0, 0.1) is 0 Å². The third-order valence-electron chi connectivity index (χ3n) is 3.25. The summed E-state index contributed by atoms with van der Waals surface area (Å²) in [5.41, 5.74) is 2.24. The van der Waals surface area contributed by atoms with Crippen LogP contribution in [0.2, 0.25) is 0 Å². The number of carbonyl (C=O) groups excluding carboxylic acids is 1. The van der Waals surface area contributed by atoms with E-state index in [2.05, 4.69) is 10.6 Å². The van der Waals surface area contributed by atoms with Gasteiger partial charge in [0.1, 0.15) is 0 Å².